The van der Waals surface area contributed by atoms with Gasteiger partial charge in [0.25, 0.3) is 0 Å². The van der Waals surface area contributed by atoms with Gasteiger partial charge in [-0.15, -0.1) is 0 Å². The van der Waals surface area contributed by atoms with Gasteiger partial charge < -0.3 is 31.9 Å². The fourth-order valence-corrected chi connectivity index (χ4v) is 8.80. The lowest BCUT2D eigenvalue weighted by atomic mass is 9.88. The second-order valence-corrected chi connectivity index (χ2v) is 15.8. The third kappa shape index (κ3) is 11.7. The standard InChI is InChI=1S/C38H70F2N8O2/c1-5-7-9-16-45-25-31(40)35(33(26-45)44-37(49)34(36(41)42)32(23-27(3)4)43-24-29(39)6-2)47-19-12-28(13-20-47)38(50)48-21-14-30(15-22-48)46-17-10-8-11-18-46/h23,28-36,43H,5-22,24-26,41-42H2,1-4H3,(H,44,49). The number of nitrogens with zero attached hydrogens (tertiary/aromatic N) is 4. The molecule has 0 aromatic carbocycles. The number of carbonyl (C=O) groups is 2. The third-order valence-corrected chi connectivity index (χ3v) is 11.7. The largest absolute Gasteiger partial charge is 0.350 e. The number of hydrogen-bond donors (Lipinski definition) is 4. The van der Waals surface area contributed by atoms with E-state index < -0.39 is 42.6 Å². The third-order valence-electron chi connectivity index (χ3n) is 11.7. The number of alkyl halides is 2. The van der Waals surface area contributed by atoms with Crippen LogP contribution >= 0.6 is 0 Å². The lowest BCUT2D eigenvalue weighted by Crippen LogP contribution is -2.68. The summed E-state index contributed by atoms with van der Waals surface area (Å²) in [5.74, 6) is -1.01. The number of rotatable bonds is 16. The van der Waals surface area contributed by atoms with Crippen molar-refractivity contribution < 1.29 is 18.4 Å². The van der Waals surface area contributed by atoms with E-state index in [0.717, 1.165) is 57.3 Å². The molecule has 50 heavy (non-hydrogen) atoms. The van der Waals surface area contributed by atoms with Gasteiger partial charge in [-0.05, 0) is 97.9 Å². The fourth-order valence-electron chi connectivity index (χ4n) is 8.80. The number of nitrogens with two attached hydrogens (primary N) is 2. The van der Waals surface area contributed by atoms with E-state index in [4.69, 9.17) is 11.5 Å². The van der Waals surface area contributed by atoms with E-state index in [1.165, 1.54) is 32.4 Å². The molecule has 0 saturated carbocycles. The second kappa shape index (κ2) is 20.5. The molecule has 4 fully saturated rings. The number of nitrogens with one attached hydrogen (secondary N) is 2. The van der Waals surface area contributed by atoms with Crippen LogP contribution in [0.15, 0.2) is 11.6 Å². The normalized spacial score (nSPS) is 27.2. The van der Waals surface area contributed by atoms with Gasteiger partial charge in [-0.2, -0.15) is 0 Å². The molecule has 0 bridgehead atoms. The fraction of sp³-hybridized carbons (Fsp3) is 0.895. The molecular weight excluding hydrogens is 638 g/mol. The van der Waals surface area contributed by atoms with Crippen LogP contribution in [0.1, 0.15) is 98.3 Å². The van der Waals surface area contributed by atoms with Crippen LogP contribution in [0, 0.1) is 11.8 Å². The van der Waals surface area contributed by atoms with E-state index in [1.807, 2.05) is 19.9 Å². The molecule has 2 amide bonds. The van der Waals surface area contributed by atoms with Gasteiger partial charge in [-0.1, -0.05) is 44.8 Å². The maximum Gasteiger partial charge on any atom is 0.228 e. The Bertz CT molecular complexity index is 1060. The summed E-state index contributed by atoms with van der Waals surface area (Å²) >= 11 is 0. The van der Waals surface area contributed by atoms with Gasteiger partial charge in [0.2, 0.25) is 11.8 Å². The summed E-state index contributed by atoms with van der Waals surface area (Å²) in [6.45, 7) is 14.7. The van der Waals surface area contributed by atoms with E-state index in [0.29, 0.717) is 51.5 Å². The number of carbonyl (C=O) groups excluding carboxylic acids is 2. The first-order valence-corrected chi connectivity index (χ1v) is 20.0. The Morgan fingerprint density at radius 1 is 0.900 bits per heavy atom. The van der Waals surface area contributed by atoms with E-state index in [1.54, 1.807) is 6.92 Å². The predicted molar refractivity (Wildman–Crippen MR) is 198 cm³/mol. The summed E-state index contributed by atoms with van der Waals surface area (Å²) in [6, 6.07) is -0.967. The van der Waals surface area contributed by atoms with Gasteiger partial charge in [-0.25, -0.2) is 8.78 Å². The predicted octanol–water partition coefficient (Wildman–Crippen LogP) is 3.40. The Kier molecular flexibility index (Phi) is 16.8. The van der Waals surface area contributed by atoms with Gasteiger partial charge in [-0.3, -0.25) is 19.4 Å². The molecule has 0 radical (unpaired) electrons. The van der Waals surface area contributed by atoms with Crippen LogP contribution < -0.4 is 22.1 Å². The first kappa shape index (κ1) is 41.1. The minimum atomic E-state index is -1.16. The highest BCUT2D eigenvalue weighted by atomic mass is 19.1. The van der Waals surface area contributed by atoms with Crippen LogP contribution in [0.3, 0.4) is 0 Å². The molecule has 4 aliphatic heterocycles. The van der Waals surface area contributed by atoms with Crippen molar-refractivity contribution in [1.29, 1.82) is 0 Å². The molecule has 288 valence electrons. The SMILES string of the molecule is CCCCCN1CC(F)C(N2CCC(C(=O)N3CCC(N4CCCCC4)CC3)CC2)C(NC(=O)C(C(N)N)C(C=C(C)C)NCC(F)CC)C1. The highest BCUT2D eigenvalue weighted by molar-refractivity contribution is 5.81. The Hall–Kier alpha value is -1.70. The highest BCUT2D eigenvalue weighted by Crippen LogP contribution is 2.29. The molecule has 4 heterocycles. The highest BCUT2D eigenvalue weighted by Gasteiger charge is 2.44. The van der Waals surface area contributed by atoms with Crippen LogP contribution in [-0.2, 0) is 9.59 Å². The zero-order chi connectivity index (χ0) is 36.2. The maximum atomic E-state index is 16.3. The molecule has 4 rings (SSSR count). The molecule has 0 aromatic rings. The van der Waals surface area contributed by atoms with Crippen molar-refractivity contribution in [3.8, 4) is 0 Å². The van der Waals surface area contributed by atoms with E-state index in [-0.39, 0.29) is 24.3 Å². The molecular formula is C38H70F2N8O2. The molecule has 0 spiro atoms. The summed E-state index contributed by atoms with van der Waals surface area (Å²) in [7, 11) is 0. The smallest absolute Gasteiger partial charge is 0.228 e. The van der Waals surface area contributed by atoms with Crippen LogP contribution in [0.4, 0.5) is 8.78 Å². The molecule has 12 heteroatoms. The zero-order valence-electron chi connectivity index (χ0n) is 31.6. The Morgan fingerprint density at radius 3 is 2.18 bits per heavy atom. The number of halogens is 2. The number of hydrogen-bond acceptors (Lipinski definition) is 8. The number of piperidine rings is 4. The minimum Gasteiger partial charge on any atom is -0.350 e. The van der Waals surface area contributed by atoms with E-state index in [9.17, 15) is 14.0 Å². The van der Waals surface area contributed by atoms with Gasteiger partial charge >= 0.3 is 0 Å². The van der Waals surface area contributed by atoms with Gasteiger partial charge in [0, 0.05) is 50.7 Å². The lowest BCUT2D eigenvalue weighted by Gasteiger charge is -2.48. The van der Waals surface area contributed by atoms with Crippen molar-refractivity contribution in [2.75, 3.05) is 65.4 Å². The van der Waals surface area contributed by atoms with Crippen molar-refractivity contribution in [2.45, 2.75) is 141 Å². The average molecular weight is 709 g/mol. The van der Waals surface area contributed by atoms with Crippen molar-refractivity contribution in [1.82, 2.24) is 30.2 Å². The zero-order valence-corrected chi connectivity index (χ0v) is 31.6. The number of likely N-dealkylation sites (tertiary alicyclic amines) is 4. The molecule has 10 nitrogen and oxygen atoms in total. The van der Waals surface area contributed by atoms with Crippen LogP contribution in [0.25, 0.3) is 0 Å². The van der Waals surface area contributed by atoms with E-state index >= 15 is 4.39 Å². The first-order chi connectivity index (χ1) is 24.0. The summed E-state index contributed by atoms with van der Waals surface area (Å²) in [5, 5.41) is 6.39. The molecule has 4 aliphatic rings. The summed E-state index contributed by atoms with van der Waals surface area (Å²) in [4.78, 5) is 36.8. The molecule has 0 aromatic heterocycles. The maximum absolute atomic E-state index is 16.3. The monoisotopic (exact) mass is 709 g/mol. The lowest BCUT2D eigenvalue weighted by molar-refractivity contribution is -0.139. The molecule has 6 N–H and O–H groups in total. The molecule has 6 unspecified atom stereocenters. The van der Waals surface area contributed by atoms with Crippen molar-refractivity contribution >= 4 is 11.8 Å². The first-order valence-electron chi connectivity index (χ1n) is 20.0. The minimum absolute atomic E-state index is 0.0454. The second-order valence-electron chi connectivity index (χ2n) is 15.8. The quantitative estimate of drug-likeness (QED) is 0.109. The van der Waals surface area contributed by atoms with Crippen molar-refractivity contribution in [2.24, 2.45) is 23.3 Å². The number of amides is 2. The summed E-state index contributed by atoms with van der Waals surface area (Å²) in [6.07, 6.45) is 9.53. The Balaban J connectivity index is 1.41. The van der Waals surface area contributed by atoms with Gasteiger partial charge in [0.1, 0.15) is 12.3 Å². The summed E-state index contributed by atoms with van der Waals surface area (Å²) in [5.41, 5.74) is 13.4. The number of unbranched alkanes of at least 4 members (excludes halogenated alkanes) is 2. The Labute approximate surface area is 301 Å². The molecule has 4 saturated heterocycles. The number of allylic oxidation sites excluding steroid dienone is 1. The average Bonchev–Trinajstić information content (AvgIpc) is 3.10. The van der Waals surface area contributed by atoms with Crippen molar-refractivity contribution in [3.63, 3.8) is 0 Å². The molecule has 0 aliphatic carbocycles. The van der Waals surface area contributed by atoms with Crippen LogP contribution in [0.5, 0.6) is 0 Å². The van der Waals surface area contributed by atoms with Crippen LogP contribution in [-0.4, -0.2) is 140 Å². The van der Waals surface area contributed by atoms with Crippen molar-refractivity contribution in [3.05, 3.63) is 11.6 Å². The van der Waals surface area contributed by atoms with E-state index in [2.05, 4.69) is 37.2 Å². The molecule has 6 atom stereocenters. The Morgan fingerprint density at radius 2 is 1.58 bits per heavy atom. The van der Waals surface area contributed by atoms with Gasteiger partial charge in [0.05, 0.1) is 24.2 Å². The van der Waals surface area contributed by atoms with Crippen LogP contribution in [0.2, 0.25) is 0 Å². The van der Waals surface area contributed by atoms with Gasteiger partial charge in [0.15, 0.2) is 0 Å². The topological polar surface area (TPSA) is 123 Å². The summed E-state index contributed by atoms with van der Waals surface area (Å²) < 4.78 is 30.6.